The van der Waals surface area contributed by atoms with Gasteiger partial charge in [-0.1, -0.05) is 0 Å². The van der Waals surface area contributed by atoms with E-state index in [1.807, 2.05) is 0 Å². The van der Waals surface area contributed by atoms with Crippen LogP contribution in [-0.2, 0) is 9.53 Å². The average Bonchev–Trinajstić information content (AvgIpc) is 2.77. The van der Waals surface area contributed by atoms with E-state index in [1.165, 1.54) is 12.0 Å². The molecule has 10 heteroatoms. The average molecular weight is 490 g/mol. The highest BCUT2D eigenvalue weighted by atomic mass is 19.1. The Balaban J connectivity index is 1.60. The van der Waals surface area contributed by atoms with Crippen molar-refractivity contribution < 1.29 is 32.6 Å². The molecule has 188 valence electrons. The lowest BCUT2D eigenvalue weighted by molar-refractivity contribution is -0.121. The second kappa shape index (κ2) is 10.7. The number of amides is 3. The molecule has 0 atom stereocenters. The zero-order valence-electron chi connectivity index (χ0n) is 20.1. The van der Waals surface area contributed by atoms with Crippen LogP contribution in [-0.4, -0.2) is 48.6 Å². The molecule has 35 heavy (non-hydrogen) atoms. The van der Waals surface area contributed by atoms with E-state index in [-0.39, 0.29) is 30.5 Å². The minimum Gasteiger partial charge on any atom is -0.495 e. The quantitative estimate of drug-likeness (QED) is 0.628. The Kier molecular flexibility index (Phi) is 7.93. The fraction of sp³-hybridized carbons (Fsp3) is 0.400. The van der Waals surface area contributed by atoms with Crippen LogP contribution < -0.4 is 15.4 Å². The first-order valence-electron chi connectivity index (χ1n) is 11.2. The first kappa shape index (κ1) is 25.9. The topological polar surface area (TPSA) is 97.0 Å². The summed E-state index contributed by atoms with van der Waals surface area (Å²) in [6.45, 7) is 5.77. The van der Waals surface area contributed by atoms with Gasteiger partial charge in [0.05, 0.1) is 18.4 Å². The van der Waals surface area contributed by atoms with Gasteiger partial charge in [-0.05, 0) is 63.9 Å². The molecule has 2 N–H and O–H groups in total. The summed E-state index contributed by atoms with van der Waals surface area (Å²) < 4.78 is 37.6. The van der Waals surface area contributed by atoms with Crippen molar-refractivity contribution in [3.8, 4) is 5.75 Å². The van der Waals surface area contributed by atoms with Crippen LogP contribution in [0, 0.1) is 17.6 Å². The molecule has 0 saturated carbocycles. The van der Waals surface area contributed by atoms with Gasteiger partial charge in [0.1, 0.15) is 23.0 Å². The SMILES string of the molecule is COc1ccc(NC(=O)C2CCN(C(=O)c3ccc(F)cc3F)CC2)cc1NC(=O)OC(C)(C)C. The Morgan fingerprint density at radius 2 is 1.69 bits per heavy atom. The maximum Gasteiger partial charge on any atom is 0.412 e. The molecule has 0 spiro atoms. The lowest BCUT2D eigenvalue weighted by atomic mass is 9.95. The molecule has 2 aromatic carbocycles. The molecule has 0 radical (unpaired) electrons. The molecule has 0 aliphatic carbocycles. The third-order valence-corrected chi connectivity index (χ3v) is 5.42. The number of carbonyl (C=O) groups is 3. The van der Waals surface area contributed by atoms with E-state index in [2.05, 4.69) is 10.6 Å². The minimum absolute atomic E-state index is 0.197. The van der Waals surface area contributed by atoms with Crippen molar-refractivity contribution in [2.75, 3.05) is 30.8 Å². The molecular formula is C25H29F2N3O5. The largest absolute Gasteiger partial charge is 0.495 e. The number of likely N-dealkylation sites (tertiary alicyclic amines) is 1. The first-order chi connectivity index (χ1) is 16.5. The molecule has 8 nitrogen and oxygen atoms in total. The summed E-state index contributed by atoms with van der Waals surface area (Å²) in [6.07, 6.45) is 0.118. The number of carbonyl (C=O) groups excluding carboxylic acids is 3. The number of methoxy groups -OCH3 is 1. The number of hydrogen-bond acceptors (Lipinski definition) is 5. The smallest absolute Gasteiger partial charge is 0.412 e. The predicted molar refractivity (Wildman–Crippen MR) is 126 cm³/mol. The fourth-order valence-corrected chi connectivity index (χ4v) is 3.72. The summed E-state index contributed by atoms with van der Waals surface area (Å²) in [7, 11) is 1.46. The van der Waals surface area contributed by atoms with Crippen molar-refractivity contribution in [2.24, 2.45) is 5.92 Å². The standard InChI is InChI=1S/C25H29F2N3O5/c1-25(2,3)35-24(33)29-20-14-17(6-8-21(20)34-4)28-22(31)15-9-11-30(12-10-15)23(32)18-7-5-16(26)13-19(18)27/h5-8,13-15H,9-12H2,1-4H3,(H,28,31)(H,29,33). The lowest BCUT2D eigenvalue weighted by Crippen LogP contribution is -2.41. The highest BCUT2D eigenvalue weighted by molar-refractivity contribution is 5.96. The summed E-state index contributed by atoms with van der Waals surface area (Å²) in [6, 6.07) is 7.66. The van der Waals surface area contributed by atoms with E-state index in [4.69, 9.17) is 9.47 Å². The van der Waals surface area contributed by atoms with Crippen LogP contribution in [0.1, 0.15) is 44.0 Å². The second-order valence-corrected chi connectivity index (χ2v) is 9.22. The van der Waals surface area contributed by atoms with Gasteiger partial charge in [-0.3, -0.25) is 14.9 Å². The van der Waals surface area contributed by atoms with Crippen LogP contribution in [0.4, 0.5) is 25.0 Å². The number of rotatable bonds is 5. The van der Waals surface area contributed by atoms with Crippen molar-refractivity contribution in [1.82, 2.24) is 4.90 Å². The molecule has 3 amide bonds. The summed E-state index contributed by atoms with van der Waals surface area (Å²) in [5.41, 5.74) is -0.0883. The van der Waals surface area contributed by atoms with Crippen LogP contribution in [0.3, 0.4) is 0 Å². The molecule has 1 heterocycles. The van der Waals surface area contributed by atoms with Crippen LogP contribution >= 0.6 is 0 Å². The predicted octanol–water partition coefficient (Wildman–Crippen LogP) is 4.81. The summed E-state index contributed by atoms with van der Waals surface area (Å²) in [5.74, 6) is -2.40. The van der Waals surface area contributed by atoms with Crippen LogP contribution in [0.15, 0.2) is 36.4 Å². The number of benzene rings is 2. The Morgan fingerprint density at radius 1 is 1.00 bits per heavy atom. The molecular weight excluding hydrogens is 460 g/mol. The van der Waals surface area contributed by atoms with E-state index in [0.717, 1.165) is 12.1 Å². The molecule has 1 aliphatic rings. The van der Waals surface area contributed by atoms with Gasteiger partial charge in [0.15, 0.2) is 0 Å². The van der Waals surface area contributed by atoms with Gasteiger partial charge in [0.25, 0.3) is 5.91 Å². The van der Waals surface area contributed by atoms with E-state index >= 15 is 0 Å². The zero-order chi connectivity index (χ0) is 25.8. The monoisotopic (exact) mass is 489 g/mol. The van der Waals surface area contributed by atoms with Gasteiger partial charge in [-0.25, -0.2) is 13.6 Å². The summed E-state index contributed by atoms with van der Waals surface area (Å²) in [4.78, 5) is 39.0. The Hall–Kier alpha value is -3.69. The summed E-state index contributed by atoms with van der Waals surface area (Å²) >= 11 is 0. The van der Waals surface area contributed by atoms with Gasteiger partial charge in [0.2, 0.25) is 5.91 Å². The van der Waals surface area contributed by atoms with Crippen molar-refractivity contribution in [3.05, 3.63) is 53.6 Å². The minimum atomic E-state index is -0.912. The fourth-order valence-electron chi connectivity index (χ4n) is 3.72. The van der Waals surface area contributed by atoms with Gasteiger partial charge in [-0.15, -0.1) is 0 Å². The highest BCUT2D eigenvalue weighted by Crippen LogP contribution is 2.29. The van der Waals surface area contributed by atoms with Gasteiger partial charge in [-0.2, -0.15) is 0 Å². The van der Waals surface area contributed by atoms with Crippen molar-refractivity contribution in [3.63, 3.8) is 0 Å². The van der Waals surface area contributed by atoms with Gasteiger partial charge < -0.3 is 19.7 Å². The number of nitrogens with one attached hydrogen (secondary N) is 2. The van der Waals surface area contributed by atoms with E-state index in [0.29, 0.717) is 36.0 Å². The molecule has 1 aliphatic heterocycles. The molecule has 0 bridgehead atoms. The molecule has 0 aromatic heterocycles. The lowest BCUT2D eigenvalue weighted by Gasteiger charge is -2.31. The molecule has 1 fully saturated rings. The van der Waals surface area contributed by atoms with E-state index in [1.54, 1.807) is 39.0 Å². The Bertz CT molecular complexity index is 1110. The Morgan fingerprint density at radius 3 is 2.29 bits per heavy atom. The maximum atomic E-state index is 14.0. The number of halogens is 2. The number of ether oxygens (including phenoxy) is 2. The van der Waals surface area contributed by atoms with Crippen molar-refractivity contribution in [2.45, 2.75) is 39.2 Å². The Labute approximate surface area is 202 Å². The zero-order valence-corrected chi connectivity index (χ0v) is 20.1. The van der Waals surface area contributed by atoms with E-state index in [9.17, 15) is 23.2 Å². The second-order valence-electron chi connectivity index (χ2n) is 9.22. The molecule has 2 aromatic rings. The third-order valence-electron chi connectivity index (χ3n) is 5.42. The number of anilines is 2. The maximum absolute atomic E-state index is 14.0. The van der Waals surface area contributed by atoms with Crippen molar-refractivity contribution >= 4 is 29.3 Å². The number of piperidine rings is 1. The molecule has 0 unspecified atom stereocenters. The number of hydrogen-bond donors (Lipinski definition) is 2. The third kappa shape index (κ3) is 6.91. The van der Waals surface area contributed by atoms with E-state index < -0.39 is 29.2 Å². The first-order valence-corrected chi connectivity index (χ1v) is 11.2. The van der Waals surface area contributed by atoms with Gasteiger partial charge >= 0.3 is 6.09 Å². The normalized spacial score (nSPS) is 14.3. The van der Waals surface area contributed by atoms with Crippen LogP contribution in [0.2, 0.25) is 0 Å². The van der Waals surface area contributed by atoms with Crippen LogP contribution in [0.5, 0.6) is 5.75 Å². The molecule has 1 saturated heterocycles. The van der Waals surface area contributed by atoms with Gasteiger partial charge in [0, 0.05) is 30.8 Å². The van der Waals surface area contributed by atoms with Crippen molar-refractivity contribution in [1.29, 1.82) is 0 Å². The number of nitrogens with zero attached hydrogens (tertiary/aromatic N) is 1. The van der Waals surface area contributed by atoms with Crippen LogP contribution in [0.25, 0.3) is 0 Å². The highest BCUT2D eigenvalue weighted by Gasteiger charge is 2.29. The summed E-state index contributed by atoms with van der Waals surface area (Å²) in [5, 5.41) is 5.44. The molecule has 3 rings (SSSR count).